The van der Waals surface area contributed by atoms with Gasteiger partial charge in [0.15, 0.2) is 12.4 Å². The second-order valence-corrected chi connectivity index (χ2v) is 4.29. The standard InChI is InChI=1S/C11H20O7/c1-2-3-4-7(13)18-10-6(5-12)17-11(16)9(15)8(10)14/h6,8-12,14-16H,2-5H2,1H3/t6-,8-,9+,10+,11?/m0/s1. The molecule has 1 unspecified atom stereocenters. The van der Waals surface area contributed by atoms with Crippen molar-refractivity contribution in [2.45, 2.75) is 56.9 Å². The Balaban J connectivity index is 2.62. The summed E-state index contributed by atoms with van der Waals surface area (Å²) in [7, 11) is 0. The van der Waals surface area contributed by atoms with E-state index in [1.165, 1.54) is 0 Å². The summed E-state index contributed by atoms with van der Waals surface area (Å²) in [6, 6.07) is 0. The molecule has 0 bridgehead atoms. The molecule has 0 aromatic carbocycles. The predicted molar refractivity (Wildman–Crippen MR) is 59.4 cm³/mol. The van der Waals surface area contributed by atoms with Crippen LogP contribution < -0.4 is 0 Å². The zero-order chi connectivity index (χ0) is 13.7. The van der Waals surface area contributed by atoms with Gasteiger partial charge in [0.1, 0.15) is 18.3 Å². The Kier molecular flexibility index (Phi) is 5.97. The SMILES string of the molecule is CCCCC(=O)O[C@H]1[C@@H](O)[C@@H](O)C(O)O[C@H]1CO. The van der Waals surface area contributed by atoms with E-state index in [0.29, 0.717) is 6.42 Å². The van der Waals surface area contributed by atoms with Crippen LogP contribution in [0.15, 0.2) is 0 Å². The van der Waals surface area contributed by atoms with E-state index in [0.717, 1.165) is 6.42 Å². The molecule has 0 aliphatic carbocycles. The number of carbonyl (C=O) groups is 1. The number of carbonyl (C=O) groups excluding carboxylic acids is 1. The maximum absolute atomic E-state index is 11.5. The molecule has 0 aromatic rings. The fraction of sp³-hybridized carbons (Fsp3) is 0.909. The third-order valence-corrected chi connectivity index (χ3v) is 2.84. The number of esters is 1. The molecule has 0 saturated carbocycles. The summed E-state index contributed by atoms with van der Waals surface area (Å²) in [5, 5.41) is 37.4. The van der Waals surface area contributed by atoms with Crippen LogP contribution >= 0.6 is 0 Å². The second kappa shape index (κ2) is 7.01. The molecule has 1 aliphatic rings. The van der Waals surface area contributed by atoms with Crippen molar-refractivity contribution in [3.8, 4) is 0 Å². The van der Waals surface area contributed by atoms with Crippen LogP contribution in [0.2, 0.25) is 0 Å². The monoisotopic (exact) mass is 264 g/mol. The number of aliphatic hydroxyl groups is 4. The molecule has 0 aromatic heterocycles. The van der Waals surface area contributed by atoms with Gasteiger partial charge in [-0.15, -0.1) is 0 Å². The molecular weight excluding hydrogens is 244 g/mol. The largest absolute Gasteiger partial charge is 0.457 e. The van der Waals surface area contributed by atoms with Crippen molar-refractivity contribution in [2.75, 3.05) is 6.61 Å². The maximum Gasteiger partial charge on any atom is 0.306 e. The van der Waals surface area contributed by atoms with E-state index in [9.17, 15) is 20.1 Å². The van der Waals surface area contributed by atoms with Crippen LogP contribution in [-0.4, -0.2) is 63.7 Å². The predicted octanol–water partition coefficient (Wildman–Crippen LogP) is -1.48. The average Bonchev–Trinajstić information content (AvgIpc) is 2.36. The van der Waals surface area contributed by atoms with Gasteiger partial charge in [0.25, 0.3) is 0 Å². The van der Waals surface area contributed by atoms with Gasteiger partial charge >= 0.3 is 5.97 Å². The topological polar surface area (TPSA) is 116 Å². The summed E-state index contributed by atoms with van der Waals surface area (Å²) in [5.41, 5.74) is 0. The van der Waals surface area contributed by atoms with E-state index in [1.54, 1.807) is 0 Å². The smallest absolute Gasteiger partial charge is 0.306 e. The third kappa shape index (κ3) is 3.63. The van der Waals surface area contributed by atoms with Crippen LogP contribution in [-0.2, 0) is 14.3 Å². The van der Waals surface area contributed by atoms with Crippen molar-refractivity contribution in [1.82, 2.24) is 0 Å². The van der Waals surface area contributed by atoms with Crippen LogP contribution in [0.1, 0.15) is 26.2 Å². The van der Waals surface area contributed by atoms with Crippen molar-refractivity contribution in [3.63, 3.8) is 0 Å². The molecule has 1 rings (SSSR count). The minimum Gasteiger partial charge on any atom is -0.457 e. The van der Waals surface area contributed by atoms with Gasteiger partial charge in [-0.1, -0.05) is 13.3 Å². The lowest BCUT2D eigenvalue weighted by molar-refractivity contribution is -0.289. The number of ether oxygens (including phenoxy) is 2. The zero-order valence-corrected chi connectivity index (χ0v) is 10.2. The molecule has 1 aliphatic heterocycles. The highest BCUT2D eigenvalue weighted by molar-refractivity contribution is 5.69. The van der Waals surface area contributed by atoms with E-state index in [4.69, 9.17) is 14.6 Å². The van der Waals surface area contributed by atoms with Gasteiger partial charge in [-0.25, -0.2) is 0 Å². The van der Waals surface area contributed by atoms with E-state index in [1.807, 2.05) is 6.92 Å². The normalized spacial score (nSPS) is 36.4. The third-order valence-electron chi connectivity index (χ3n) is 2.84. The van der Waals surface area contributed by atoms with Crippen molar-refractivity contribution in [3.05, 3.63) is 0 Å². The second-order valence-electron chi connectivity index (χ2n) is 4.29. The van der Waals surface area contributed by atoms with Gasteiger partial charge < -0.3 is 29.9 Å². The summed E-state index contributed by atoms with van der Waals surface area (Å²) >= 11 is 0. The molecule has 0 spiro atoms. The van der Waals surface area contributed by atoms with Gasteiger partial charge in [0, 0.05) is 6.42 Å². The lowest BCUT2D eigenvalue weighted by atomic mass is 9.99. The van der Waals surface area contributed by atoms with E-state index in [-0.39, 0.29) is 6.42 Å². The fourth-order valence-electron chi connectivity index (χ4n) is 1.74. The van der Waals surface area contributed by atoms with Gasteiger partial charge in [-0.3, -0.25) is 4.79 Å². The Hall–Kier alpha value is -0.730. The molecule has 7 nitrogen and oxygen atoms in total. The molecule has 7 heteroatoms. The minimum absolute atomic E-state index is 0.191. The Bertz CT molecular complexity index is 268. The molecule has 0 radical (unpaired) electrons. The summed E-state index contributed by atoms with van der Waals surface area (Å²) < 4.78 is 9.84. The molecule has 4 N–H and O–H groups in total. The first-order valence-electron chi connectivity index (χ1n) is 6.01. The van der Waals surface area contributed by atoms with Crippen molar-refractivity contribution in [1.29, 1.82) is 0 Å². The Morgan fingerprint density at radius 1 is 1.28 bits per heavy atom. The van der Waals surface area contributed by atoms with Crippen LogP contribution in [0.4, 0.5) is 0 Å². The quantitative estimate of drug-likeness (QED) is 0.447. The molecular formula is C11H20O7. The summed E-state index contributed by atoms with van der Waals surface area (Å²) in [6.45, 7) is 1.38. The minimum atomic E-state index is -1.61. The summed E-state index contributed by atoms with van der Waals surface area (Å²) in [4.78, 5) is 11.5. The van der Waals surface area contributed by atoms with E-state index < -0.39 is 43.3 Å². The first kappa shape index (κ1) is 15.3. The summed E-state index contributed by atoms with van der Waals surface area (Å²) in [6.07, 6.45) is -5.24. The van der Waals surface area contributed by atoms with Gasteiger partial charge in [-0.2, -0.15) is 0 Å². The molecule has 18 heavy (non-hydrogen) atoms. The van der Waals surface area contributed by atoms with E-state index >= 15 is 0 Å². The highest BCUT2D eigenvalue weighted by atomic mass is 16.7. The van der Waals surface area contributed by atoms with Crippen molar-refractivity contribution < 1.29 is 34.7 Å². The van der Waals surface area contributed by atoms with Crippen LogP contribution in [0.5, 0.6) is 0 Å². The highest BCUT2D eigenvalue weighted by Gasteiger charge is 2.45. The first-order valence-corrected chi connectivity index (χ1v) is 6.01. The Morgan fingerprint density at radius 2 is 1.94 bits per heavy atom. The lowest BCUT2D eigenvalue weighted by Crippen LogP contribution is -2.59. The number of hydrogen-bond donors (Lipinski definition) is 4. The van der Waals surface area contributed by atoms with Crippen molar-refractivity contribution >= 4 is 5.97 Å². The van der Waals surface area contributed by atoms with Crippen molar-refractivity contribution in [2.24, 2.45) is 0 Å². The van der Waals surface area contributed by atoms with E-state index in [2.05, 4.69) is 0 Å². The van der Waals surface area contributed by atoms with Gasteiger partial charge in [0.05, 0.1) is 6.61 Å². The Morgan fingerprint density at radius 3 is 2.50 bits per heavy atom. The molecule has 106 valence electrons. The number of unbranched alkanes of at least 4 members (excludes halogenated alkanes) is 1. The number of hydrogen-bond acceptors (Lipinski definition) is 7. The molecule has 5 atom stereocenters. The molecule has 1 heterocycles. The number of aliphatic hydroxyl groups excluding tert-OH is 4. The summed E-state index contributed by atoms with van der Waals surface area (Å²) in [5.74, 6) is -0.536. The average molecular weight is 264 g/mol. The maximum atomic E-state index is 11.5. The molecule has 1 fully saturated rings. The van der Waals surface area contributed by atoms with Crippen LogP contribution in [0.3, 0.4) is 0 Å². The molecule has 1 saturated heterocycles. The van der Waals surface area contributed by atoms with Crippen LogP contribution in [0.25, 0.3) is 0 Å². The first-order chi connectivity index (χ1) is 8.51. The lowest BCUT2D eigenvalue weighted by Gasteiger charge is -2.39. The number of rotatable bonds is 5. The molecule has 0 amide bonds. The fourth-order valence-corrected chi connectivity index (χ4v) is 1.74. The van der Waals surface area contributed by atoms with Crippen LogP contribution in [0, 0.1) is 0 Å². The van der Waals surface area contributed by atoms with Gasteiger partial charge in [-0.05, 0) is 6.42 Å². The Labute approximate surface area is 105 Å². The highest BCUT2D eigenvalue weighted by Crippen LogP contribution is 2.22. The van der Waals surface area contributed by atoms with Gasteiger partial charge in [0.2, 0.25) is 0 Å². The zero-order valence-electron chi connectivity index (χ0n) is 10.2.